The van der Waals surface area contributed by atoms with Gasteiger partial charge in [0.05, 0.1) is 6.10 Å². The lowest BCUT2D eigenvalue weighted by Gasteiger charge is -2.13. The van der Waals surface area contributed by atoms with Crippen LogP contribution in [0.15, 0.2) is 24.3 Å². The van der Waals surface area contributed by atoms with Gasteiger partial charge in [-0.05, 0) is 31.9 Å². The van der Waals surface area contributed by atoms with Gasteiger partial charge in [0.15, 0.2) is 6.61 Å². The molecule has 1 aliphatic rings. The molecule has 5 heteroatoms. The number of hydrogen-bond acceptors (Lipinski definition) is 4. The van der Waals surface area contributed by atoms with Gasteiger partial charge in [-0.25, -0.2) is 0 Å². The average molecular weight is 279 g/mol. The zero-order valence-electron chi connectivity index (χ0n) is 11.6. The van der Waals surface area contributed by atoms with E-state index in [1.165, 1.54) is 0 Å². The SMILES string of the molecule is Cc1ccc(OCC(=O)N[C@@H]2C[C@H](CO)[C@H](O)C2)cc1. The topological polar surface area (TPSA) is 78.8 Å². The quantitative estimate of drug-likeness (QED) is 0.738. The van der Waals surface area contributed by atoms with Crippen LogP contribution in [-0.2, 0) is 4.79 Å². The van der Waals surface area contributed by atoms with Gasteiger partial charge in [-0.2, -0.15) is 0 Å². The van der Waals surface area contributed by atoms with E-state index in [0.717, 1.165) is 5.56 Å². The molecule has 0 spiro atoms. The van der Waals surface area contributed by atoms with Crippen molar-refractivity contribution in [1.29, 1.82) is 0 Å². The average Bonchev–Trinajstić information content (AvgIpc) is 2.78. The number of amides is 1. The molecule has 1 fully saturated rings. The minimum absolute atomic E-state index is 0.0422. The second-order valence-corrected chi connectivity index (χ2v) is 5.35. The summed E-state index contributed by atoms with van der Waals surface area (Å²) in [6.45, 7) is 1.90. The normalized spacial score (nSPS) is 25.4. The summed E-state index contributed by atoms with van der Waals surface area (Å²) in [4.78, 5) is 11.8. The number of benzene rings is 1. The maximum absolute atomic E-state index is 11.8. The Morgan fingerprint density at radius 2 is 2.05 bits per heavy atom. The van der Waals surface area contributed by atoms with Crippen molar-refractivity contribution in [1.82, 2.24) is 5.32 Å². The number of aliphatic hydroxyl groups excluding tert-OH is 2. The van der Waals surface area contributed by atoms with Crippen LogP contribution >= 0.6 is 0 Å². The second-order valence-electron chi connectivity index (χ2n) is 5.35. The van der Waals surface area contributed by atoms with Gasteiger partial charge in [0, 0.05) is 18.6 Å². The minimum atomic E-state index is -0.539. The number of carbonyl (C=O) groups is 1. The summed E-state index contributed by atoms with van der Waals surface area (Å²) in [5.74, 6) is 0.310. The molecule has 0 unspecified atom stereocenters. The van der Waals surface area contributed by atoms with E-state index in [4.69, 9.17) is 9.84 Å². The van der Waals surface area contributed by atoms with E-state index in [0.29, 0.717) is 18.6 Å². The summed E-state index contributed by atoms with van der Waals surface area (Å²) in [6.07, 6.45) is 0.554. The Morgan fingerprint density at radius 1 is 1.35 bits per heavy atom. The predicted octanol–water partition coefficient (Wildman–Crippen LogP) is 0.622. The van der Waals surface area contributed by atoms with Crippen LogP contribution < -0.4 is 10.1 Å². The van der Waals surface area contributed by atoms with Gasteiger partial charge in [0.2, 0.25) is 0 Å². The van der Waals surface area contributed by atoms with Crippen molar-refractivity contribution in [2.45, 2.75) is 31.9 Å². The first-order chi connectivity index (χ1) is 9.58. The Kier molecular flexibility index (Phi) is 4.98. The van der Waals surface area contributed by atoms with Crippen molar-refractivity contribution in [3.63, 3.8) is 0 Å². The molecule has 0 radical (unpaired) electrons. The van der Waals surface area contributed by atoms with Gasteiger partial charge in [-0.3, -0.25) is 4.79 Å². The van der Waals surface area contributed by atoms with Crippen molar-refractivity contribution >= 4 is 5.91 Å². The van der Waals surface area contributed by atoms with Crippen molar-refractivity contribution in [2.24, 2.45) is 5.92 Å². The number of rotatable bonds is 5. The van der Waals surface area contributed by atoms with Gasteiger partial charge < -0.3 is 20.3 Å². The maximum atomic E-state index is 11.8. The molecule has 0 aliphatic heterocycles. The second kappa shape index (κ2) is 6.72. The van der Waals surface area contributed by atoms with Crippen LogP contribution in [0.1, 0.15) is 18.4 Å². The van der Waals surface area contributed by atoms with Crippen LogP contribution in [0.25, 0.3) is 0 Å². The van der Waals surface area contributed by atoms with Crippen molar-refractivity contribution in [3.05, 3.63) is 29.8 Å². The molecule has 0 bridgehead atoms. The molecule has 5 nitrogen and oxygen atoms in total. The zero-order valence-corrected chi connectivity index (χ0v) is 11.6. The molecule has 110 valence electrons. The number of ether oxygens (including phenoxy) is 1. The zero-order chi connectivity index (χ0) is 14.5. The molecular formula is C15H21NO4. The van der Waals surface area contributed by atoms with Gasteiger partial charge in [-0.1, -0.05) is 17.7 Å². The lowest BCUT2D eigenvalue weighted by Crippen LogP contribution is -2.36. The van der Waals surface area contributed by atoms with Crippen LogP contribution in [0, 0.1) is 12.8 Å². The van der Waals surface area contributed by atoms with Crippen LogP contribution in [-0.4, -0.2) is 41.5 Å². The van der Waals surface area contributed by atoms with Gasteiger partial charge in [0.25, 0.3) is 5.91 Å². The Bertz CT molecular complexity index is 446. The van der Waals surface area contributed by atoms with E-state index >= 15 is 0 Å². The standard InChI is InChI=1S/C15H21NO4/c1-10-2-4-13(5-3-10)20-9-15(19)16-12-6-11(8-17)14(18)7-12/h2-5,11-12,14,17-18H,6-9H2,1H3,(H,16,19)/t11-,12-,14-/m1/s1. The summed E-state index contributed by atoms with van der Waals surface area (Å²) in [7, 11) is 0. The van der Waals surface area contributed by atoms with Crippen LogP contribution in [0.5, 0.6) is 5.75 Å². The lowest BCUT2D eigenvalue weighted by molar-refractivity contribution is -0.123. The molecule has 1 aromatic rings. The molecule has 0 saturated heterocycles. The first kappa shape index (κ1) is 14.8. The predicted molar refractivity (Wildman–Crippen MR) is 74.4 cm³/mol. The molecule has 1 saturated carbocycles. The van der Waals surface area contributed by atoms with Crippen molar-refractivity contribution in [3.8, 4) is 5.75 Å². The molecule has 0 heterocycles. The first-order valence-corrected chi connectivity index (χ1v) is 6.86. The molecular weight excluding hydrogens is 258 g/mol. The smallest absolute Gasteiger partial charge is 0.258 e. The third kappa shape index (κ3) is 3.95. The Hall–Kier alpha value is -1.59. The van der Waals surface area contributed by atoms with Crippen molar-refractivity contribution < 1.29 is 19.7 Å². The Balaban J connectivity index is 1.74. The lowest BCUT2D eigenvalue weighted by atomic mass is 10.1. The summed E-state index contributed by atoms with van der Waals surface area (Å²) >= 11 is 0. The summed E-state index contributed by atoms with van der Waals surface area (Å²) in [5, 5.41) is 21.5. The minimum Gasteiger partial charge on any atom is -0.484 e. The van der Waals surface area contributed by atoms with E-state index in [-0.39, 0.29) is 31.1 Å². The largest absolute Gasteiger partial charge is 0.484 e. The molecule has 1 aromatic carbocycles. The van der Waals surface area contributed by atoms with Gasteiger partial charge >= 0.3 is 0 Å². The van der Waals surface area contributed by atoms with Crippen LogP contribution in [0.3, 0.4) is 0 Å². The van der Waals surface area contributed by atoms with Crippen LogP contribution in [0.4, 0.5) is 0 Å². The number of carbonyl (C=O) groups excluding carboxylic acids is 1. The summed E-state index contributed by atoms with van der Waals surface area (Å²) in [5.41, 5.74) is 1.14. The monoisotopic (exact) mass is 279 g/mol. The van der Waals surface area contributed by atoms with E-state index in [9.17, 15) is 9.90 Å². The molecule has 20 heavy (non-hydrogen) atoms. The fourth-order valence-electron chi connectivity index (χ4n) is 2.47. The molecule has 1 aliphatic carbocycles. The highest BCUT2D eigenvalue weighted by Crippen LogP contribution is 2.25. The van der Waals surface area contributed by atoms with E-state index in [1.807, 2.05) is 31.2 Å². The first-order valence-electron chi connectivity index (χ1n) is 6.86. The molecule has 3 N–H and O–H groups in total. The Morgan fingerprint density at radius 3 is 2.65 bits per heavy atom. The van der Waals surface area contributed by atoms with Gasteiger partial charge in [-0.15, -0.1) is 0 Å². The number of hydrogen-bond donors (Lipinski definition) is 3. The maximum Gasteiger partial charge on any atom is 0.258 e. The number of aryl methyl sites for hydroxylation is 1. The molecule has 0 aromatic heterocycles. The number of nitrogens with one attached hydrogen (secondary N) is 1. The molecule has 1 amide bonds. The summed E-state index contributed by atoms with van der Waals surface area (Å²) < 4.78 is 5.39. The Labute approximate surface area is 118 Å². The third-order valence-electron chi connectivity index (χ3n) is 3.65. The highest BCUT2D eigenvalue weighted by molar-refractivity contribution is 5.77. The third-order valence-corrected chi connectivity index (χ3v) is 3.65. The van der Waals surface area contributed by atoms with Crippen molar-refractivity contribution in [2.75, 3.05) is 13.2 Å². The van der Waals surface area contributed by atoms with E-state index in [1.54, 1.807) is 0 Å². The van der Waals surface area contributed by atoms with E-state index in [2.05, 4.69) is 5.32 Å². The van der Waals surface area contributed by atoms with Gasteiger partial charge in [0.1, 0.15) is 5.75 Å². The summed E-state index contributed by atoms with van der Waals surface area (Å²) in [6, 6.07) is 7.41. The number of aliphatic hydroxyl groups is 2. The molecule has 3 atom stereocenters. The highest BCUT2D eigenvalue weighted by Gasteiger charge is 2.33. The van der Waals surface area contributed by atoms with Crippen LogP contribution in [0.2, 0.25) is 0 Å². The molecule has 2 rings (SSSR count). The fourth-order valence-corrected chi connectivity index (χ4v) is 2.47. The van der Waals surface area contributed by atoms with E-state index < -0.39 is 6.10 Å². The fraction of sp³-hybridized carbons (Fsp3) is 0.533. The highest BCUT2D eigenvalue weighted by atomic mass is 16.5.